The number of aryl methyl sites for hydroxylation is 1. The zero-order valence-corrected chi connectivity index (χ0v) is 20.3. The summed E-state index contributed by atoms with van der Waals surface area (Å²) in [7, 11) is 2.79. The molecule has 0 bridgehead atoms. The number of fused-ring (bicyclic) bond motifs is 2. The molecule has 0 radical (unpaired) electrons. The monoisotopic (exact) mass is 544 g/mol. The summed E-state index contributed by atoms with van der Waals surface area (Å²) in [6.07, 6.45) is 2.45. The Morgan fingerprint density at radius 3 is 2.83 bits per heavy atom. The van der Waals surface area contributed by atoms with Crippen LogP contribution < -0.4 is 15.2 Å². The number of rotatable bonds is 7. The van der Waals surface area contributed by atoms with Crippen LogP contribution >= 0.6 is 43.7 Å². The van der Waals surface area contributed by atoms with E-state index in [1.165, 1.54) is 6.33 Å². The van der Waals surface area contributed by atoms with Crippen LogP contribution in [0.15, 0.2) is 28.5 Å². The summed E-state index contributed by atoms with van der Waals surface area (Å²) in [4.78, 5) is 14.4. The van der Waals surface area contributed by atoms with E-state index in [9.17, 15) is 0 Å². The molecule has 1 atom stereocenters. The molecule has 1 aliphatic heterocycles. The molecule has 1 unspecified atom stereocenters. The van der Waals surface area contributed by atoms with Gasteiger partial charge in [-0.05, 0) is 55.0 Å². The van der Waals surface area contributed by atoms with Gasteiger partial charge in [0.25, 0.3) is 0 Å². The van der Waals surface area contributed by atoms with Gasteiger partial charge in [0.1, 0.15) is 6.33 Å². The predicted molar refractivity (Wildman–Crippen MR) is 125 cm³/mol. The summed E-state index contributed by atoms with van der Waals surface area (Å²) >= 11 is 3.88. The van der Waals surface area contributed by atoms with Crippen LogP contribution in [0, 0.1) is 3.57 Å². The quantitative estimate of drug-likeness (QED) is 0.355. The Balaban J connectivity index is 1.65. The highest BCUT2D eigenvalue weighted by Gasteiger charge is 2.20. The molecule has 154 valence electrons. The fourth-order valence-electron chi connectivity index (χ4n) is 2.96. The van der Waals surface area contributed by atoms with Crippen LogP contribution in [0.1, 0.15) is 20.3 Å². The highest BCUT2D eigenvalue weighted by molar-refractivity contribution is 14.1. The molecule has 0 fully saturated rings. The Labute approximate surface area is 189 Å². The lowest BCUT2D eigenvalue weighted by molar-refractivity contribution is 0.174. The summed E-state index contributed by atoms with van der Waals surface area (Å²) in [5.41, 5.74) is 7.46. The smallest absolute Gasteiger partial charge is 0.231 e. The van der Waals surface area contributed by atoms with Crippen LogP contribution in [-0.2, 0) is 6.54 Å². The third-order valence-electron chi connectivity index (χ3n) is 4.61. The number of benzene rings is 1. The van der Waals surface area contributed by atoms with Crippen LogP contribution in [0.5, 0.6) is 11.5 Å². The lowest BCUT2D eigenvalue weighted by atomic mass is 10.3. The van der Waals surface area contributed by atoms with E-state index in [1.807, 2.05) is 12.1 Å². The van der Waals surface area contributed by atoms with Gasteiger partial charge >= 0.3 is 0 Å². The predicted octanol–water partition coefficient (Wildman–Crippen LogP) is 3.78. The number of hydrogen-bond acceptors (Lipinski definition) is 8. The maximum absolute atomic E-state index is 6.07. The molecule has 29 heavy (non-hydrogen) atoms. The molecular formula is C18H22IN6O2PS. The van der Waals surface area contributed by atoms with E-state index < -0.39 is 0 Å². The molecule has 3 heterocycles. The Kier molecular flexibility index (Phi) is 6.33. The Morgan fingerprint density at radius 1 is 1.31 bits per heavy atom. The Morgan fingerprint density at radius 2 is 2.07 bits per heavy atom. The fraction of sp³-hybridized carbons (Fsp3) is 0.389. The van der Waals surface area contributed by atoms with E-state index >= 15 is 0 Å². The topological polar surface area (TPSA) is 91.3 Å². The van der Waals surface area contributed by atoms with E-state index in [4.69, 9.17) is 20.2 Å². The van der Waals surface area contributed by atoms with Crippen molar-refractivity contribution in [3.8, 4) is 11.5 Å². The second-order valence-electron chi connectivity index (χ2n) is 6.90. The van der Waals surface area contributed by atoms with Gasteiger partial charge in [-0.3, -0.25) is 4.67 Å². The molecule has 3 aromatic rings. The molecule has 0 spiro atoms. The first kappa shape index (κ1) is 20.9. The number of anilines is 1. The molecule has 11 heteroatoms. The lowest BCUT2D eigenvalue weighted by Gasteiger charge is -2.20. The highest BCUT2D eigenvalue weighted by Crippen LogP contribution is 2.41. The van der Waals surface area contributed by atoms with Crippen molar-refractivity contribution in [2.75, 3.05) is 19.1 Å². The summed E-state index contributed by atoms with van der Waals surface area (Å²) in [5.74, 6) is 1.92. The van der Waals surface area contributed by atoms with Gasteiger partial charge in [-0.1, -0.05) is 21.2 Å². The third kappa shape index (κ3) is 4.40. The number of nitrogen functional groups attached to an aromatic ring is 1. The summed E-state index contributed by atoms with van der Waals surface area (Å²) in [6.45, 7) is 6.35. The summed E-state index contributed by atoms with van der Waals surface area (Å²) < 4.78 is 16.4. The van der Waals surface area contributed by atoms with Gasteiger partial charge in [0.2, 0.25) is 6.79 Å². The molecule has 0 saturated heterocycles. The van der Waals surface area contributed by atoms with Crippen molar-refractivity contribution in [1.29, 1.82) is 0 Å². The molecule has 1 aliphatic rings. The minimum atomic E-state index is 0.256. The first-order chi connectivity index (χ1) is 13.9. The average Bonchev–Trinajstić information content (AvgIpc) is 3.27. The lowest BCUT2D eigenvalue weighted by Crippen LogP contribution is -2.22. The molecule has 0 amide bonds. The zero-order valence-electron chi connectivity index (χ0n) is 16.1. The summed E-state index contributed by atoms with van der Waals surface area (Å²) in [5, 5.41) is 0.837. The highest BCUT2D eigenvalue weighted by atomic mass is 127. The average molecular weight is 544 g/mol. The normalized spacial score (nSPS) is 13.2. The second kappa shape index (κ2) is 8.79. The van der Waals surface area contributed by atoms with Crippen molar-refractivity contribution >= 4 is 60.7 Å². The van der Waals surface area contributed by atoms with Crippen molar-refractivity contribution < 1.29 is 9.47 Å². The standard InChI is InChI=1S/C18H22IN6O2PS/c1-10(2)25(28)5-3-4-24-17-15(16(20)21-8-22-17)23-18(24)29-14-7-13-12(6-11(14)19)26-9-27-13/h6-8,10H,3-5,9,28H2,1-2H3,(H2,20,21,22). The van der Waals surface area contributed by atoms with Gasteiger partial charge in [0.15, 0.2) is 33.6 Å². The van der Waals surface area contributed by atoms with Gasteiger partial charge < -0.3 is 19.8 Å². The Bertz CT molecular complexity index is 1050. The molecule has 0 saturated carbocycles. The maximum atomic E-state index is 6.07. The van der Waals surface area contributed by atoms with E-state index in [-0.39, 0.29) is 6.79 Å². The molecule has 1 aromatic carbocycles. The van der Waals surface area contributed by atoms with Crippen molar-refractivity contribution in [3.63, 3.8) is 0 Å². The van der Waals surface area contributed by atoms with E-state index in [0.29, 0.717) is 17.4 Å². The van der Waals surface area contributed by atoms with Crippen LogP contribution in [0.2, 0.25) is 0 Å². The van der Waals surface area contributed by atoms with E-state index in [0.717, 1.165) is 50.3 Å². The first-order valence-electron chi connectivity index (χ1n) is 9.19. The van der Waals surface area contributed by atoms with Gasteiger partial charge in [-0.25, -0.2) is 15.0 Å². The summed E-state index contributed by atoms with van der Waals surface area (Å²) in [6, 6.07) is 4.46. The number of nitrogens with two attached hydrogens (primary N) is 1. The number of halogens is 1. The largest absolute Gasteiger partial charge is 0.454 e. The van der Waals surface area contributed by atoms with E-state index in [1.54, 1.807) is 11.8 Å². The van der Waals surface area contributed by atoms with E-state index in [2.05, 4.69) is 65.0 Å². The molecule has 2 N–H and O–H groups in total. The minimum absolute atomic E-state index is 0.256. The van der Waals surface area contributed by atoms with Crippen molar-refractivity contribution in [1.82, 2.24) is 24.2 Å². The van der Waals surface area contributed by atoms with Crippen molar-refractivity contribution in [2.24, 2.45) is 0 Å². The number of nitrogens with zero attached hydrogens (tertiary/aromatic N) is 5. The molecule has 0 aliphatic carbocycles. The van der Waals surface area contributed by atoms with Gasteiger partial charge in [0.05, 0.1) is 0 Å². The third-order valence-corrected chi connectivity index (χ3v) is 7.78. The Hall–Kier alpha value is -1.36. The van der Waals surface area contributed by atoms with Gasteiger partial charge in [0, 0.05) is 27.6 Å². The second-order valence-corrected chi connectivity index (χ2v) is 9.73. The minimum Gasteiger partial charge on any atom is -0.454 e. The maximum Gasteiger partial charge on any atom is 0.231 e. The van der Waals surface area contributed by atoms with Gasteiger partial charge in [-0.15, -0.1) is 0 Å². The molecular weight excluding hydrogens is 522 g/mol. The van der Waals surface area contributed by atoms with Crippen LogP contribution in [-0.4, -0.2) is 43.6 Å². The zero-order chi connectivity index (χ0) is 20.5. The van der Waals surface area contributed by atoms with Crippen LogP contribution in [0.4, 0.5) is 5.82 Å². The van der Waals surface area contributed by atoms with Crippen LogP contribution in [0.25, 0.3) is 11.2 Å². The molecule has 2 aromatic heterocycles. The number of aromatic nitrogens is 4. The van der Waals surface area contributed by atoms with Gasteiger partial charge in [-0.2, -0.15) is 0 Å². The number of hydrogen-bond donors (Lipinski definition) is 1. The number of ether oxygens (including phenoxy) is 2. The SMILES string of the molecule is CC(C)N(P)CCCn1c(Sc2cc3c(cc2I)OCO3)nc2c(N)ncnc21. The van der Waals surface area contributed by atoms with Crippen molar-refractivity contribution in [2.45, 2.75) is 42.9 Å². The first-order valence-corrected chi connectivity index (χ1v) is 11.6. The number of imidazole rings is 1. The van der Waals surface area contributed by atoms with Crippen molar-refractivity contribution in [3.05, 3.63) is 22.0 Å². The fourth-order valence-corrected chi connectivity index (χ4v) is 4.85. The molecule has 8 nitrogen and oxygen atoms in total. The molecule has 4 rings (SSSR count). The van der Waals surface area contributed by atoms with Crippen LogP contribution in [0.3, 0.4) is 0 Å².